The van der Waals surface area contributed by atoms with Crippen molar-refractivity contribution in [3.63, 3.8) is 0 Å². The van der Waals surface area contributed by atoms with Crippen LogP contribution in [0.5, 0.6) is 0 Å². The summed E-state index contributed by atoms with van der Waals surface area (Å²) in [7, 11) is 0. The van der Waals surface area contributed by atoms with Crippen molar-refractivity contribution in [1.29, 1.82) is 0 Å². The van der Waals surface area contributed by atoms with Crippen LogP contribution in [-0.2, 0) is 14.3 Å². The number of nitrogens with zero attached hydrogens (tertiary/aromatic N) is 1. The zero-order valence-corrected chi connectivity index (χ0v) is 7.88. The summed E-state index contributed by atoms with van der Waals surface area (Å²) in [4.78, 5) is 24.3. The first-order valence-corrected chi connectivity index (χ1v) is 3.70. The van der Waals surface area contributed by atoms with Gasteiger partial charge < -0.3 is 4.74 Å². The van der Waals surface area contributed by atoms with E-state index in [1.54, 1.807) is 0 Å². The maximum absolute atomic E-state index is 10.7. The van der Waals surface area contributed by atoms with Crippen molar-refractivity contribution in [2.24, 2.45) is 0 Å². The molecule has 72 valence electrons. The van der Waals surface area contributed by atoms with Crippen molar-refractivity contribution in [3.05, 3.63) is 11.4 Å². The van der Waals surface area contributed by atoms with Crippen LogP contribution in [0.25, 0.3) is 4.85 Å². The van der Waals surface area contributed by atoms with E-state index in [-0.39, 0.29) is 12.5 Å². The number of carbonyl (C=O) groups is 2. The number of hydrogen-bond donors (Lipinski definition) is 1. The molecule has 0 aromatic heterocycles. The molecule has 0 bridgehead atoms. The molecule has 0 spiro atoms. The molecule has 13 heavy (non-hydrogen) atoms. The monoisotopic (exact) mass is 184 g/mol. The lowest BCUT2D eigenvalue weighted by atomic mass is 10.2. The molecule has 1 N–H and O–H groups in total. The van der Waals surface area contributed by atoms with E-state index in [0.29, 0.717) is 0 Å². The second kappa shape index (κ2) is 4.45. The zero-order valence-electron chi connectivity index (χ0n) is 7.88. The number of amides is 1. The Bertz CT molecular complexity index is 257. The number of esters is 1. The number of nitrogens with one attached hydrogen (secondary N) is 1. The van der Waals surface area contributed by atoms with Gasteiger partial charge in [-0.3, -0.25) is 19.8 Å². The molecule has 0 rings (SSSR count). The summed E-state index contributed by atoms with van der Waals surface area (Å²) >= 11 is 0. The van der Waals surface area contributed by atoms with Gasteiger partial charge in [0.2, 0.25) is 5.91 Å². The van der Waals surface area contributed by atoms with Gasteiger partial charge in [-0.1, -0.05) is 0 Å². The first kappa shape index (κ1) is 11.4. The Morgan fingerprint density at radius 1 is 1.54 bits per heavy atom. The Balaban J connectivity index is 4.22. The molecular weight excluding hydrogens is 172 g/mol. The van der Waals surface area contributed by atoms with E-state index >= 15 is 0 Å². The maximum Gasteiger partial charge on any atom is 0.338 e. The van der Waals surface area contributed by atoms with E-state index < -0.39 is 11.6 Å². The fraction of sp³-hybridized carbons (Fsp3) is 0.625. The molecule has 0 aliphatic heterocycles. The number of rotatable bonds is 3. The average molecular weight is 184 g/mol. The van der Waals surface area contributed by atoms with Gasteiger partial charge >= 0.3 is 11.6 Å². The van der Waals surface area contributed by atoms with Gasteiger partial charge in [0, 0.05) is 20.8 Å². The van der Waals surface area contributed by atoms with E-state index in [1.807, 2.05) is 0 Å². The summed E-state index contributed by atoms with van der Waals surface area (Å²) in [5, 5.41) is 2.39. The number of ether oxygens (including phenoxy) is 1. The van der Waals surface area contributed by atoms with E-state index in [0.717, 1.165) is 0 Å². The highest BCUT2D eigenvalue weighted by atomic mass is 16.5. The van der Waals surface area contributed by atoms with Crippen molar-refractivity contribution in [1.82, 2.24) is 5.32 Å². The molecular formula is C8H12N2O3. The van der Waals surface area contributed by atoms with Crippen LogP contribution in [-0.4, -0.2) is 24.1 Å². The van der Waals surface area contributed by atoms with Crippen LogP contribution in [0.4, 0.5) is 0 Å². The van der Waals surface area contributed by atoms with Gasteiger partial charge in [-0.25, -0.2) is 6.57 Å². The third-order valence-corrected chi connectivity index (χ3v) is 1.25. The third-order valence-electron chi connectivity index (χ3n) is 1.25. The molecule has 1 atom stereocenters. The Morgan fingerprint density at radius 2 is 2.08 bits per heavy atom. The van der Waals surface area contributed by atoms with Crippen LogP contribution in [0, 0.1) is 6.57 Å². The van der Waals surface area contributed by atoms with E-state index in [4.69, 9.17) is 6.57 Å². The maximum atomic E-state index is 10.7. The minimum Gasteiger partial charge on any atom is -0.455 e. The standard InChI is InChI=1S/C8H12N2O3/c1-6(11)10-8(3,9-4)5-13-7(2)12/h5H2,1-3H3,(H,10,11). The predicted octanol–water partition coefficient (Wildman–Crippen LogP) is 0.321. The Kier molecular flexibility index (Phi) is 3.92. The predicted molar refractivity (Wildman–Crippen MR) is 45.5 cm³/mol. The highest BCUT2D eigenvalue weighted by Crippen LogP contribution is 2.06. The topological polar surface area (TPSA) is 59.8 Å². The largest absolute Gasteiger partial charge is 0.455 e. The molecule has 1 unspecified atom stereocenters. The lowest BCUT2D eigenvalue weighted by Crippen LogP contribution is -2.46. The lowest BCUT2D eigenvalue weighted by molar-refractivity contribution is -0.143. The van der Waals surface area contributed by atoms with Gasteiger partial charge in [0.05, 0.1) is 0 Å². The molecule has 5 nitrogen and oxygen atoms in total. The van der Waals surface area contributed by atoms with Crippen LogP contribution in [0.1, 0.15) is 20.8 Å². The van der Waals surface area contributed by atoms with Gasteiger partial charge in [-0.15, -0.1) is 0 Å². The molecule has 0 aliphatic rings. The second-order valence-electron chi connectivity index (χ2n) is 2.85. The van der Waals surface area contributed by atoms with E-state index in [1.165, 1.54) is 20.8 Å². The summed E-state index contributed by atoms with van der Waals surface area (Å²) < 4.78 is 4.63. The number of hydrogen-bond acceptors (Lipinski definition) is 3. The van der Waals surface area contributed by atoms with Crippen LogP contribution < -0.4 is 5.32 Å². The molecule has 0 heterocycles. The minimum atomic E-state index is -1.16. The third kappa shape index (κ3) is 4.80. The molecule has 0 aliphatic carbocycles. The van der Waals surface area contributed by atoms with Gasteiger partial charge in [-0.05, 0) is 0 Å². The summed E-state index contributed by atoms with van der Waals surface area (Å²) in [6.45, 7) is 10.7. The summed E-state index contributed by atoms with van der Waals surface area (Å²) in [5.74, 6) is -0.800. The van der Waals surface area contributed by atoms with Gasteiger partial charge in [-0.2, -0.15) is 0 Å². The van der Waals surface area contributed by atoms with Gasteiger partial charge in [0.1, 0.15) is 0 Å². The van der Waals surface area contributed by atoms with Gasteiger partial charge in [0.15, 0.2) is 6.61 Å². The normalized spacial score (nSPS) is 13.7. The molecule has 0 fully saturated rings. The SMILES string of the molecule is [C-]#[N+]C(C)(COC(C)=O)NC(C)=O. The molecule has 0 radical (unpaired) electrons. The first-order valence-electron chi connectivity index (χ1n) is 3.70. The molecule has 0 saturated heterocycles. The highest BCUT2D eigenvalue weighted by molar-refractivity contribution is 5.74. The van der Waals surface area contributed by atoms with Crippen LogP contribution >= 0.6 is 0 Å². The average Bonchev–Trinajstić information content (AvgIpc) is 2.00. The van der Waals surface area contributed by atoms with Crippen molar-refractivity contribution >= 4 is 11.9 Å². The Hall–Kier alpha value is -1.57. The van der Waals surface area contributed by atoms with E-state index in [2.05, 4.69) is 14.9 Å². The lowest BCUT2D eigenvalue weighted by Gasteiger charge is -2.16. The smallest absolute Gasteiger partial charge is 0.338 e. The van der Waals surface area contributed by atoms with Gasteiger partial charge in [0.25, 0.3) is 0 Å². The first-order chi connectivity index (χ1) is 5.89. The van der Waals surface area contributed by atoms with E-state index in [9.17, 15) is 9.59 Å². The zero-order chi connectivity index (χ0) is 10.5. The molecule has 0 aromatic rings. The Morgan fingerprint density at radius 3 is 2.38 bits per heavy atom. The second-order valence-corrected chi connectivity index (χ2v) is 2.85. The quantitative estimate of drug-likeness (QED) is 0.507. The van der Waals surface area contributed by atoms with Crippen molar-refractivity contribution < 1.29 is 14.3 Å². The highest BCUT2D eigenvalue weighted by Gasteiger charge is 2.32. The molecule has 0 saturated carbocycles. The summed E-state index contributed by atoms with van der Waals surface area (Å²) in [6.07, 6.45) is 0. The molecule has 1 amide bonds. The van der Waals surface area contributed by atoms with Crippen LogP contribution in [0.2, 0.25) is 0 Å². The summed E-state index contributed by atoms with van der Waals surface area (Å²) in [5.41, 5.74) is -1.16. The van der Waals surface area contributed by atoms with Crippen LogP contribution in [0.15, 0.2) is 0 Å². The van der Waals surface area contributed by atoms with Crippen molar-refractivity contribution in [3.8, 4) is 0 Å². The molecule has 5 heteroatoms. The summed E-state index contributed by atoms with van der Waals surface area (Å²) in [6, 6.07) is 0. The fourth-order valence-corrected chi connectivity index (χ4v) is 0.718. The Labute approximate surface area is 76.9 Å². The van der Waals surface area contributed by atoms with Crippen molar-refractivity contribution in [2.75, 3.05) is 6.61 Å². The molecule has 0 aromatic carbocycles. The minimum absolute atomic E-state index is 0.134. The van der Waals surface area contributed by atoms with Crippen molar-refractivity contribution in [2.45, 2.75) is 26.4 Å². The van der Waals surface area contributed by atoms with Crippen LogP contribution in [0.3, 0.4) is 0 Å². The number of carbonyl (C=O) groups excluding carboxylic acids is 2. The fourth-order valence-electron chi connectivity index (χ4n) is 0.718.